The van der Waals surface area contributed by atoms with Crippen LogP contribution in [-0.4, -0.2) is 6.61 Å². The van der Waals surface area contributed by atoms with Crippen LogP contribution >= 0.6 is 0 Å². The Balaban J connectivity index is 1.93. The van der Waals surface area contributed by atoms with Gasteiger partial charge in [0, 0.05) is 11.1 Å². The van der Waals surface area contributed by atoms with Crippen LogP contribution in [0.5, 0.6) is 0 Å². The van der Waals surface area contributed by atoms with Crippen molar-refractivity contribution in [2.45, 2.75) is 137 Å². The summed E-state index contributed by atoms with van der Waals surface area (Å²) in [5.74, 6) is 0. The normalized spacial score (nSPS) is 11.3. The summed E-state index contributed by atoms with van der Waals surface area (Å²) < 4.78 is 8.14. The molecule has 0 aliphatic heterocycles. The average Bonchev–Trinajstić information content (AvgIpc) is 2.73. The van der Waals surface area contributed by atoms with Gasteiger partial charge in [0.25, 0.3) is 6.73 Å². The molecule has 1 aromatic rings. The molecule has 1 aromatic heterocycles. The summed E-state index contributed by atoms with van der Waals surface area (Å²) in [7, 11) is 0. The fourth-order valence-electron chi connectivity index (χ4n) is 4.35. The molecule has 2 heteroatoms. The van der Waals surface area contributed by atoms with E-state index in [1.165, 1.54) is 107 Å². The lowest BCUT2D eigenvalue weighted by Gasteiger charge is -2.09. The summed E-state index contributed by atoms with van der Waals surface area (Å²) in [5.41, 5.74) is 4.37. The highest BCUT2D eigenvalue weighted by Gasteiger charge is 2.11. The van der Waals surface area contributed by atoms with E-state index >= 15 is 0 Å². The van der Waals surface area contributed by atoms with Crippen LogP contribution in [0, 0.1) is 6.92 Å². The van der Waals surface area contributed by atoms with Crippen LogP contribution in [0.3, 0.4) is 0 Å². The number of hydrogen-bond acceptors (Lipinski definition) is 1. The molecular weight excluding hydrogens is 354 g/mol. The second-order valence-electron chi connectivity index (χ2n) is 8.80. The molecule has 0 unspecified atom stereocenters. The predicted octanol–water partition coefficient (Wildman–Crippen LogP) is 7.86. The smallest absolute Gasteiger partial charge is 0.252 e. The average molecular weight is 405 g/mol. The van der Waals surface area contributed by atoms with Crippen LogP contribution in [-0.2, 0) is 24.3 Å². The first-order valence-electron chi connectivity index (χ1n) is 12.8. The quantitative estimate of drug-likeness (QED) is 0.169. The van der Waals surface area contributed by atoms with E-state index in [2.05, 4.69) is 44.7 Å². The van der Waals surface area contributed by atoms with Crippen molar-refractivity contribution in [3.63, 3.8) is 0 Å². The molecule has 0 saturated carbocycles. The largest absolute Gasteiger partial charge is 0.323 e. The molecule has 0 fully saturated rings. The standard InChI is InChI=1S/C27H50NO/c1-5-8-9-10-11-12-13-14-15-16-17-18-19-20-21-29-24-28-22-25(4)27(7-3)26(6-2)23-28/h22-23H,5-21,24H2,1-4H3/q+1. The van der Waals surface area contributed by atoms with Crippen LogP contribution in [0.4, 0.5) is 0 Å². The van der Waals surface area contributed by atoms with E-state index in [4.69, 9.17) is 4.74 Å². The van der Waals surface area contributed by atoms with Gasteiger partial charge in [0.2, 0.25) is 0 Å². The lowest BCUT2D eigenvalue weighted by atomic mass is 10.0. The van der Waals surface area contributed by atoms with Gasteiger partial charge in [-0.05, 0) is 31.7 Å². The molecule has 2 nitrogen and oxygen atoms in total. The number of rotatable bonds is 19. The van der Waals surface area contributed by atoms with E-state index < -0.39 is 0 Å². The molecule has 0 amide bonds. The van der Waals surface area contributed by atoms with Crippen molar-refractivity contribution in [1.29, 1.82) is 0 Å². The van der Waals surface area contributed by atoms with Gasteiger partial charge in [-0.2, -0.15) is 4.57 Å². The summed E-state index contributed by atoms with van der Waals surface area (Å²) in [4.78, 5) is 0. The Labute approximate surface area is 182 Å². The first-order valence-corrected chi connectivity index (χ1v) is 12.8. The molecule has 0 aliphatic rings. The third-order valence-electron chi connectivity index (χ3n) is 6.16. The SMILES string of the molecule is CCCCCCCCCCCCCCCCOC[n+]1cc(C)c(CC)c(CC)c1. The van der Waals surface area contributed by atoms with Crippen molar-refractivity contribution in [3.8, 4) is 0 Å². The van der Waals surface area contributed by atoms with Crippen molar-refractivity contribution >= 4 is 0 Å². The second-order valence-corrected chi connectivity index (χ2v) is 8.80. The van der Waals surface area contributed by atoms with Gasteiger partial charge in [0.15, 0.2) is 12.4 Å². The van der Waals surface area contributed by atoms with Crippen molar-refractivity contribution in [1.82, 2.24) is 0 Å². The van der Waals surface area contributed by atoms with Gasteiger partial charge < -0.3 is 4.74 Å². The maximum Gasteiger partial charge on any atom is 0.252 e. The van der Waals surface area contributed by atoms with Crippen LogP contribution in [0.1, 0.15) is 127 Å². The van der Waals surface area contributed by atoms with Gasteiger partial charge in [-0.25, -0.2) is 0 Å². The molecule has 0 radical (unpaired) electrons. The van der Waals surface area contributed by atoms with Crippen LogP contribution < -0.4 is 4.57 Å². The summed E-state index contributed by atoms with van der Waals surface area (Å²) >= 11 is 0. The number of unbranched alkanes of at least 4 members (excludes halogenated alkanes) is 13. The first kappa shape index (κ1) is 26.1. The zero-order valence-electron chi connectivity index (χ0n) is 20.2. The molecule has 0 saturated heterocycles. The third kappa shape index (κ3) is 12.4. The highest BCUT2D eigenvalue weighted by atomic mass is 16.5. The Morgan fingerprint density at radius 3 is 1.66 bits per heavy atom. The van der Waals surface area contributed by atoms with Crippen molar-refractivity contribution in [2.24, 2.45) is 0 Å². The van der Waals surface area contributed by atoms with E-state index in [9.17, 15) is 0 Å². The fourth-order valence-corrected chi connectivity index (χ4v) is 4.35. The van der Waals surface area contributed by atoms with Crippen LogP contribution in [0.15, 0.2) is 12.4 Å². The molecule has 1 heterocycles. The summed E-state index contributed by atoms with van der Waals surface area (Å²) in [5, 5.41) is 0. The number of aryl methyl sites for hydroxylation is 2. The minimum absolute atomic E-state index is 0.691. The van der Waals surface area contributed by atoms with Gasteiger partial charge in [-0.3, -0.25) is 0 Å². The minimum atomic E-state index is 0.691. The number of ether oxygens (including phenoxy) is 1. The number of aromatic nitrogens is 1. The maximum atomic E-state index is 5.92. The van der Waals surface area contributed by atoms with E-state index in [-0.39, 0.29) is 0 Å². The molecular formula is C27H50NO+. The zero-order valence-corrected chi connectivity index (χ0v) is 20.2. The van der Waals surface area contributed by atoms with E-state index in [1.54, 1.807) is 0 Å². The molecule has 0 bridgehead atoms. The van der Waals surface area contributed by atoms with Gasteiger partial charge in [-0.1, -0.05) is 104 Å². The molecule has 168 valence electrons. The third-order valence-corrected chi connectivity index (χ3v) is 6.16. The van der Waals surface area contributed by atoms with Crippen molar-refractivity contribution in [3.05, 3.63) is 29.1 Å². The topological polar surface area (TPSA) is 13.1 Å². The van der Waals surface area contributed by atoms with Gasteiger partial charge in [0.1, 0.15) is 0 Å². The van der Waals surface area contributed by atoms with Gasteiger partial charge >= 0.3 is 0 Å². The minimum Gasteiger partial charge on any atom is -0.323 e. The molecule has 0 aromatic carbocycles. The van der Waals surface area contributed by atoms with E-state index in [1.807, 2.05) is 0 Å². The maximum absolute atomic E-state index is 5.92. The lowest BCUT2D eigenvalue weighted by molar-refractivity contribution is -0.733. The second kappa shape index (κ2) is 17.9. The summed E-state index contributed by atoms with van der Waals surface area (Å²) in [6.07, 6.45) is 26.4. The Bertz CT molecular complexity index is 512. The van der Waals surface area contributed by atoms with Gasteiger partial charge in [-0.15, -0.1) is 0 Å². The van der Waals surface area contributed by atoms with Gasteiger partial charge in [0.05, 0.1) is 6.61 Å². The van der Waals surface area contributed by atoms with Crippen LogP contribution in [0.2, 0.25) is 0 Å². The number of pyridine rings is 1. The Morgan fingerprint density at radius 2 is 1.17 bits per heavy atom. The fraction of sp³-hybridized carbons (Fsp3) is 0.815. The highest BCUT2D eigenvalue weighted by molar-refractivity contribution is 5.28. The summed E-state index contributed by atoms with van der Waals surface area (Å²) in [6.45, 7) is 10.6. The zero-order chi connectivity index (χ0) is 21.2. The van der Waals surface area contributed by atoms with Crippen molar-refractivity contribution in [2.75, 3.05) is 6.61 Å². The Kier molecular flexibility index (Phi) is 16.2. The Hall–Kier alpha value is -0.890. The van der Waals surface area contributed by atoms with Crippen molar-refractivity contribution < 1.29 is 9.30 Å². The molecule has 1 rings (SSSR count). The first-order chi connectivity index (χ1) is 14.2. The summed E-state index contributed by atoms with van der Waals surface area (Å²) in [6, 6.07) is 0. The number of nitrogens with zero attached hydrogens (tertiary/aromatic N) is 1. The van der Waals surface area contributed by atoms with E-state index in [0.717, 1.165) is 19.4 Å². The van der Waals surface area contributed by atoms with Crippen LogP contribution in [0.25, 0.3) is 0 Å². The number of hydrogen-bond donors (Lipinski definition) is 0. The molecule has 0 aliphatic carbocycles. The predicted molar refractivity (Wildman–Crippen MR) is 126 cm³/mol. The molecule has 0 spiro atoms. The monoisotopic (exact) mass is 404 g/mol. The molecule has 29 heavy (non-hydrogen) atoms. The van der Waals surface area contributed by atoms with E-state index in [0.29, 0.717) is 6.73 Å². The lowest BCUT2D eigenvalue weighted by Crippen LogP contribution is -2.36. The highest BCUT2D eigenvalue weighted by Crippen LogP contribution is 2.14. The molecule has 0 atom stereocenters. The Morgan fingerprint density at radius 1 is 0.655 bits per heavy atom. The molecule has 0 N–H and O–H groups in total.